The molecule has 0 aliphatic rings. The number of aromatic nitrogens is 1. The summed E-state index contributed by atoms with van der Waals surface area (Å²) in [4.78, 5) is 5.01. The van der Waals surface area contributed by atoms with E-state index in [1.165, 1.54) is 11.3 Å². The van der Waals surface area contributed by atoms with Gasteiger partial charge in [0.25, 0.3) is 10.0 Å². The van der Waals surface area contributed by atoms with E-state index in [-0.39, 0.29) is 4.21 Å². The van der Waals surface area contributed by atoms with E-state index in [9.17, 15) is 8.42 Å². The quantitative estimate of drug-likeness (QED) is 0.842. The number of rotatable bonds is 5. The SMILES string of the molecule is CNCc1ccc(S(=O)(=O)Nc2cc(C)c(Br)cn2)s1. The van der Waals surface area contributed by atoms with E-state index in [1.807, 2.05) is 14.0 Å². The van der Waals surface area contributed by atoms with Crippen molar-refractivity contribution in [3.05, 3.63) is 39.3 Å². The third kappa shape index (κ3) is 3.57. The standard InChI is InChI=1S/C12H14BrN3O2S2/c1-8-5-11(15-7-10(8)13)16-20(17,18)12-4-3-9(19-12)6-14-2/h3-5,7,14H,6H2,1-2H3,(H,15,16). The number of halogens is 1. The monoisotopic (exact) mass is 375 g/mol. The van der Waals surface area contributed by atoms with Crippen molar-refractivity contribution in [2.24, 2.45) is 0 Å². The van der Waals surface area contributed by atoms with Gasteiger partial charge in [0.05, 0.1) is 0 Å². The maximum Gasteiger partial charge on any atom is 0.272 e. The Kier molecular flexibility index (Phi) is 4.79. The van der Waals surface area contributed by atoms with Gasteiger partial charge in [-0.2, -0.15) is 0 Å². The topological polar surface area (TPSA) is 71.1 Å². The number of thiophene rings is 1. The van der Waals surface area contributed by atoms with Gasteiger partial charge in [-0.05, 0) is 53.7 Å². The van der Waals surface area contributed by atoms with Gasteiger partial charge in [0.15, 0.2) is 0 Å². The molecule has 2 rings (SSSR count). The smallest absolute Gasteiger partial charge is 0.272 e. The van der Waals surface area contributed by atoms with Crippen LogP contribution in [-0.2, 0) is 16.6 Å². The minimum absolute atomic E-state index is 0.283. The third-order valence-corrected chi connectivity index (χ3v) is 6.30. The lowest BCUT2D eigenvalue weighted by atomic mass is 10.3. The van der Waals surface area contributed by atoms with Gasteiger partial charge in [-0.1, -0.05) is 0 Å². The molecule has 0 aliphatic heterocycles. The molecule has 20 heavy (non-hydrogen) atoms. The molecule has 0 saturated carbocycles. The van der Waals surface area contributed by atoms with Crippen LogP contribution in [-0.4, -0.2) is 20.4 Å². The Labute approximate surface area is 130 Å². The first-order valence-electron chi connectivity index (χ1n) is 5.80. The summed E-state index contributed by atoms with van der Waals surface area (Å²) in [6.45, 7) is 2.52. The Morgan fingerprint density at radius 3 is 2.80 bits per heavy atom. The molecule has 2 aromatic heterocycles. The highest BCUT2D eigenvalue weighted by Crippen LogP contribution is 2.24. The average molecular weight is 376 g/mol. The maximum atomic E-state index is 12.2. The molecule has 0 radical (unpaired) electrons. The van der Waals surface area contributed by atoms with E-state index in [2.05, 4.69) is 31.0 Å². The molecular formula is C12H14BrN3O2S2. The highest BCUT2D eigenvalue weighted by molar-refractivity contribution is 9.10. The highest BCUT2D eigenvalue weighted by Gasteiger charge is 2.17. The zero-order valence-corrected chi connectivity index (χ0v) is 14.2. The Hall–Kier alpha value is -0.960. The van der Waals surface area contributed by atoms with Crippen LogP contribution in [0, 0.1) is 6.92 Å². The Morgan fingerprint density at radius 2 is 2.15 bits per heavy atom. The first-order chi connectivity index (χ1) is 9.42. The molecular weight excluding hydrogens is 362 g/mol. The zero-order chi connectivity index (χ0) is 14.8. The Bertz CT molecular complexity index is 713. The molecule has 0 amide bonds. The predicted molar refractivity (Wildman–Crippen MR) is 84.6 cm³/mol. The summed E-state index contributed by atoms with van der Waals surface area (Å²) in [5, 5.41) is 2.99. The molecule has 0 saturated heterocycles. The zero-order valence-electron chi connectivity index (χ0n) is 11.0. The minimum atomic E-state index is -3.58. The van der Waals surface area contributed by atoms with Crippen LogP contribution in [0.2, 0.25) is 0 Å². The van der Waals surface area contributed by atoms with Crippen LogP contribution in [0.25, 0.3) is 0 Å². The fraction of sp³-hybridized carbons (Fsp3) is 0.250. The lowest BCUT2D eigenvalue weighted by molar-refractivity contribution is 0.603. The molecule has 5 nitrogen and oxygen atoms in total. The van der Waals surface area contributed by atoms with Gasteiger partial charge in [-0.25, -0.2) is 13.4 Å². The second-order valence-corrected chi connectivity index (χ2v) is 8.11. The van der Waals surface area contributed by atoms with Crippen molar-refractivity contribution in [2.45, 2.75) is 17.7 Å². The number of hydrogen-bond acceptors (Lipinski definition) is 5. The van der Waals surface area contributed by atoms with Gasteiger partial charge in [0, 0.05) is 22.1 Å². The van der Waals surface area contributed by atoms with Gasteiger partial charge in [-0.15, -0.1) is 11.3 Å². The maximum absolute atomic E-state index is 12.2. The van der Waals surface area contributed by atoms with Crippen molar-refractivity contribution in [1.29, 1.82) is 0 Å². The Balaban J connectivity index is 2.23. The molecule has 0 aromatic carbocycles. The molecule has 8 heteroatoms. The predicted octanol–water partition coefficient (Wildman–Crippen LogP) is 2.73. The van der Waals surface area contributed by atoms with Crippen LogP contribution < -0.4 is 10.0 Å². The van der Waals surface area contributed by atoms with E-state index < -0.39 is 10.0 Å². The second-order valence-electron chi connectivity index (χ2n) is 4.18. The van der Waals surface area contributed by atoms with Crippen molar-refractivity contribution in [3.63, 3.8) is 0 Å². The molecule has 2 aromatic rings. The van der Waals surface area contributed by atoms with E-state index in [0.29, 0.717) is 12.4 Å². The summed E-state index contributed by atoms with van der Waals surface area (Å²) in [5.74, 6) is 0.314. The van der Waals surface area contributed by atoms with Crippen LogP contribution in [0.15, 0.2) is 33.1 Å². The molecule has 0 unspecified atom stereocenters. The number of pyridine rings is 1. The Morgan fingerprint density at radius 1 is 1.40 bits per heavy atom. The second kappa shape index (κ2) is 6.21. The number of aryl methyl sites for hydroxylation is 1. The number of nitrogens with one attached hydrogen (secondary N) is 2. The summed E-state index contributed by atoms with van der Waals surface area (Å²) in [6.07, 6.45) is 1.58. The van der Waals surface area contributed by atoms with Crippen molar-refractivity contribution < 1.29 is 8.42 Å². The van der Waals surface area contributed by atoms with Crippen LogP contribution in [0.5, 0.6) is 0 Å². The lowest BCUT2D eigenvalue weighted by Gasteiger charge is -2.06. The van der Waals surface area contributed by atoms with Crippen LogP contribution in [0.1, 0.15) is 10.4 Å². The van der Waals surface area contributed by atoms with Gasteiger partial charge in [0.1, 0.15) is 10.0 Å². The molecule has 0 aliphatic carbocycles. The highest BCUT2D eigenvalue weighted by atomic mass is 79.9. The lowest BCUT2D eigenvalue weighted by Crippen LogP contribution is -2.12. The van der Waals surface area contributed by atoms with E-state index >= 15 is 0 Å². The summed E-state index contributed by atoms with van der Waals surface area (Å²) in [7, 11) is -1.76. The largest absolute Gasteiger partial charge is 0.315 e. The number of hydrogen-bond donors (Lipinski definition) is 2. The molecule has 108 valence electrons. The molecule has 0 bridgehead atoms. The van der Waals surface area contributed by atoms with Crippen molar-refractivity contribution in [2.75, 3.05) is 11.8 Å². The van der Waals surface area contributed by atoms with Crippen LogP contribution >= 0.6 is 27.3 Å². The molecule has 0 spiro atoms. The summed E-state index contributed by atoms with van der Waals surface area (Å²) < 4.78 is 28.1. The fourth-order valence-corrected chi connectivity index (χ4v) is 4.14. The molecule has 2 N–H and O–H groups in total. The number of sulfonamides is 1. The summed E-state index contributed by atoms with van der Waals surface area (Å²) in [6, 6.07) is 5.09. The van der Waals surface area contributed by atoms with Gasteiger partial charge >= 0.3 is 0 Å². The van der Waals surface area contributed by atoms with Crippen molar-refractivity contribution >= 4 is 43.1 Å². The summed E-state index contributed by atoms with van der Waals surface area (Å²) in [5.41, 5.74) is 0.916. The number of nitrogens with zero attached hydrogens (tertiary/aromatic N) is 1. The minimum Gasteiger partial charge on any atom is -0.315 e. The average Bonchev–Trinajstić information content (AvgIpc) is 2.83. The normalized spacial score (nSPS) is 11.6. The fourth-order valence-electron chi connectivity index (χ4n) is 1.56. The van der Waals surface area contributed by atoms with Gasteiger partial charge in [-0.3, -0.25) is 4.72 Å². The van der Waals surface area contributed by atoms with Crippen LogP contribution in [0.4, 0.5) is 5.82 Å². The van der Waals surface area contributed by atoms with Crippen LogP contribution in [0.3, 0.4) is 0 Å². The number of anilines is 1. The first kappa shape index (κ1) is 15.4. The third-order valence-electron chi connectivity index (χ3n) is 2.54. The molecule has 2 heterocycles. The van der Waals surface area contributed by atoms with Gasteiger partial charge in [0.2, 0.25) is 0 Å². The van der Waals surface area contributed by atoms with E-state index in [4.69, 9.17) is 0 Å². The first-order valence-corrected chi connectivity index (χ1v) is 8.90. The van der Waals surface area contributed by atoms with E-state index in [1.54, 1.807) is 24.4 Å². The summed E-state index contributed by atoms with van der Waals surface area (Å²) >= 11 is 4.57. The van der Waals surface area contributed by atoms with E-state index in [0.717, 1.165) is 14.9 Å². The van der Waals surface area contributed by atoms with Crippen molar-refractivity contribution in [1.82, 2.24) is 10.3 Å². The molecule has 0 atom stereocenters. The molecule has 0 fully saturated rings. The van der Waals surface area contributed by atoms with Crippen molar-refractivity contribution in [3.8, 4) is 0 Å². The van der Waals surface area contributed by atoms with Gasteiger partial charge < -0.3 is 5.32 Å².